The van der Waals surface area contributed by atoms with E-state index in [4.69, 9.17) is 16.7 Å². The van der Waals surface area contributed by atoms with Crippen LogP contribution in [0.5, 0.6) is 0 Å². The first-order valence-corrected chi connectivity index (χ1v) is 10.2. The van der Waals surface area contributed by atoms with Crippen LogP contribution >= 0.6 is 22.9 Å². The topological polar surface area (TPSA) is 136 Å². The van der Waals surface area contributed by atoms with E-state index in [1.807, 2.05) is 6.92 Å². The summed E-state index contributed by atoms with van der Waals surface area (Å²) in [4.78, 5) is 25.3. The van der Waals surface area contributed by atoms with Crippen molar-refractivity contribution in [1.29, 1.82) is 0 Å². The molecule has 3 rings (SSSR count). The number of primary sulfonamides is 1. The fourth-order valence-corrected chi connectivity index (χ4v) is 4.52. The molecule has 9 nitrogen and oxygen atoms in total. The smallest absolute Gasteiger partial charge is 0.267 e. The molecule has 0 bridgehead atoms. The van der Waals surface area contributed by atoms with Crippen LogP contribution in [0.15, 0.2) is 29.2 Å². The third-order valence-electron chi connectivity index (χ3n) is 3.71. The summed E-state index contributed by atoms with van der Waals surface area (Å²) >= 11 is 7.01. The number of carbonyl (C=O) groups is 2. The maximum absolute atomic E-state index is 12.3. The van der Waals surface area contributed by atoms with Gasteiger partial charge in [-0.1, -0.05) is 11.6 Å². The number of fused-ring (bicyclic) bond motifs is 1. The summed E-state index contributed by atoms with van der Waals surface area (Å²) in [6, 6.07) is 5.27. The number of aromatic nitrogens is 2. The number of hydrogen-bond donors (Lipinski definition) is 3. The lowest BCUT2D eigenvalue weighted by Gasteiger charge is -2.08. The Labute approximate surface area is 163 Å². The number of nitrogens with two attached hydrogens (primary N) is 1. The molecular formula is C15H14ClN5O4S2. The highest BCUT2D eigenvalue weighted by Gasteiger charge is 2.18. The van der Waals surface area contributed by atoms with Gasteiger partial charge >= 0.3 is 0 Å². The predicted molar refractivity (Wildman–Crippen MR) is 101 cm³/mol. The summed E-state index contributed by atoms with van der Waals surface area (Å²) in [5, 5.41) is 10.1. The molecule has 2 heterocycles. The zero-order chi connectivity index (χ0) is 19.9. The Morgan fingerprint density at radius 3 is 2.52 bits per heavy atom. The molecule has 3 aromatic rings. The summed E-state index contributed by atoms with van der Waals surface area (Å²) in [6.45, 7) is 1.84. The van der Waals surface area contributed by atoms with Crippen LogP contribution in [0.25, 0.3) is 10.2 Å². The summed E-state index contributed by atoms with van der Waals surface area (Å²) < 4.78 is 24.6. The van der Waals surface area contributed by atoms with E-state index in [0.717, 1.165) is 22.0 Å². The lowest BCUT2D eigenvalue weighted by Crippen LogP contribution is -2.41. The molecule has 0 aliphatic heterocycles. The van der Waals surface area contributed by atoms with Gasteiger partial charge in [-0.25, -0.2) is 13.6 Å². The van der Waals surface area contributed by atoms with E-state index >= 15 is 0 Å². The number of hydrogen-bond acceptors (Lipinski definition) is 6. The van der Waals surface area contributed by atoms with Crippen molar-refractivity contribution in [3.8, 4) is 0 Å². The Bertz CT molecular complexity index is 1150. The van der Waals surface area contributed by atoms with Gasteiger partial charge in [-0.05, 0) is 31.2 Å². The Morgan fingerprint density at radius 2 is 1.89 bits per heavy atom. The first-order chi connectivity index (χ1) is 12.6. The van der Waals surface area contributed by atoms with E-state index in [1.54, 1.807) is 17.8 Å². The summed E-state index contributed by atoms with van der Waals surface area (Å²) in [6.07, 6.45) is 0. The summed E-state index contributed by atoms with van der Waals surface area (Å²) in [5.41, 5.74) is 5.28. The molecule has 12 heteroatoms. The first-order valence-electron chi connectivity index (χ1n) is 7.44. The molecule has 0 radical (unpaired) electrons. The third-order valence-corrected chi connectivity index (χ3v) is 6.30. The van der Waals surface area contributed by atoms with Crippen molar-refractivity contribution in [3.63, 3.8) is 0 Å². The van der Waals surface area contributed by atoms with Crippen molar-refractivity contribution in [2.45, 2.75) is 11.8 Å². The number of halogens is 1. The van der Waals surface area contributed by atoms with Gasteiger partial charge in [0, 0.05) is 18.0 Å². The summed E-state index contributed by atoms with van der Waals surface area (Å²) in [7, 11) is -2.31. The average molecular weight is 428 g/mol. The van der Waals surface area contributed by atoms with E-state index in [9.17, 15) is 18.0 Å². The maximum Gasteiger partial charge on any atom is 0.279 e. The molecule has 0 aliphatic carbocycles. The lowest BCUT2D eigenvalue weighted by atomic mass is 10.2. The van der Waals surface area contributed by atoms with Gasteiger partial charge in [-0.3, -0.25) is 25.1 Å². The van der Waals surface area contributed by atoms with Gasteiger partial charge in [0.15, 0.2) is 0 Å². The molecule has 0 atom stereocenters. The highest BCUT2D eigenvalue weighted by atomic mass is 35.5. The van der Waals surface area contributed by atoms with Crippen LogP contribution < -0.4 is 16.0 Å². The van der Waals surface area contributed by atoms with E-state index in [0.29, 0.717) is 4.88 Å². The molecule has 0 spiro atoms. The first kappa shape index (κ1) is 19.3. The minimum absolute atomic E-state index is 0.0277. The second kappa shape index (κ2) is 6.93. The van der Waals surface area contributed by atoms with Crippen LogP contribution in [0.2, 0.25) is 5.02 Å². The molecule has 0 aliphatic rings. The molecule has 4 N–H and O–H groups in total. The van der Waals surface area contributed by atoms with Crippen LogP contribution in [0.1, 0.15) is 25.7 Å². The Morgan fingerprint density at radius 1 is 1.22 bits per heavy atom. The van der Waals surface area contributed by atoms with Gasteiger partial charge in [-0.15, -0.1) is 11.3 Å². The predicted octanol–water partition coefficient (Wildman–Crippen LogP) is 1.32. The molecule has 2 amide bonds. The number of nitrogens with one attached hydrogen (secondary N) is 2. The molecule has 0 unspecified atom stereocenters. The number of carbonyl (C=O) groups excluding carboxylic acids is 2. The Hall–Kier alpha value is -2.47. The molecular weight excluding hydrogens is 414 g/mol. The van der Waals surface area contributed by atoms with Crippen LogP contribution in [0, 0.1) is 6.92 Å². The van der Waals surface area contributed by atoms with E-state index < -0.39 is 21.8 Å². The molecule has 0 saturated carbocycles. The SMILES string of the molecule is Cc1nn(C)c2sc(C(=O)NNC(=O)c3ccc(Cl)c(S(N)(=O)=O)c3)cc12. The van der Waals surface area contributed by atoms with Crippen molar-refractivity contribution >= 4 is 55.0 Å². The number of nitrogens with zero attached hydrogens (tertiary/aromatic N) is 2. The summed E-state index contributed by atoms with van der Waals surface area (Å²) in [5.74, 6) is -1.23. The monoisotopic (exact) mass is 427 g/mol. The lowest BCUT2D eigenvalue weighted by molar-refractivity contribution is 0.0849. The van der Waals surface area contributed by atoms with Gasteiger partial charge in [0.2, 0.25) is 10.0 Å². The van der Waals surface area contributed by atoms with Gasteiger partial charge in [0.25, 0.3) is 11.8 Å². The Kier molecular flexibility index (Phi) is 4.95. The number of thiophene rings is 1. The second-order valence-electron chi connectivity index (χ2n) is 5.64. The molecule has 27 heavy (non-hydrogen) atoms. The van der Waals surface area contributed by atoms with Crippen LogP contribution in [-0.4, -0.2) is 30.0 Å². The van der Waals surface area contributed by atoms with E-state index in [1.165, 1.54) is 23.5 Å². The quantitative estimate of drug-likeness (QED) is 0.541. The average Bonchev–Trinajstić information content (AvgIpc) is 3.13. The zero-order valence-corrected chi connectivity index (χ0v) is 16.5. The van der Waals surface area contributed by atoms with Gasteiger partial charge in [-0.2, -0.15) is 5.10 Å². The van der Waals surface area contributed by atoms with Crippen LogP contribution in [-0.2, 0) is 17.1 Å². The van der Waals surface area contributed by atoms with Crippen molar-refractivity contribution in [2.24, 2.45) is 12.2 Å². The van der Waals surface area contributed by atoms with Crippen molar-refractivity contribution in [3.05, 3.63) is 45.4 Å². The van der Waals surface area contributed by atoms with Gasteiger partial charge in [0.05, 0.1) is 15.6 Å². The maximum atomic E-state index is 12.3. The molecule has 2 aromatic heterocycles. The highest BCUT2D eigenvalue weighted by molar-refractivity contribution is 7.89. The standard InChI is InChI=1S/C15H14ClN5O4S2/c1-7-9-6-11(26-15(9)21(2)20-7)14(23)19-18-13(22)8-3-4-10(16)12(5-8)27(17,24)25/h3-6H,1-2H3,(H,18,22)(H,19,23)(H2,17,24,25). The Balaban J connectivity index is 1.75. The number of rotatable bonds is 3. The number of benzene rings is 1. The highest BCUT2D eigenvalue weighted by Crippen LogP contribution is 2.27. The van der Waals surface area contributed by atoms with Gasteiger partial charge in [0.1, 0.15) is 9.73 Å². The third kappa shape index (κ3) is 3.81. The van der Waals surface area contributed by atoms with E-state index in [-0.39, 0.29) is 15.5 Å². The van der Waals surface area contributed by atoms with Crippen molar-refractivity contribution < 1.29 is 18.0 Å². The van der Waals surface area contributed by atoms with Crippen molar-refractivity contribution in [2.75, 3.05) is 0 Å². The van der Waals surface area contributed by atoms with Crippen LogP contribution in [0.3, 0.4) is 0 Å². The molecule has 142 valence electrons. The minimum atomic E-state index is -4.09. The second-order valence-corrected chi connectivity index (χ2v) is 8.60. The van der Waals surface area contributed by atoms with Gasteiger partial charge < -0.3 is 0 Å². The molecule has 0 saturated heterocycles. The van der Waals surface area contributed by atoms with E-state index in [2.05, 4.69) is 16.0 Å². The molecule has 0 fully saturated rings. The largest absolute Gasteiger partial charge is 0.279 e. The number of hydrazine groups is 1. The fraction of sp³-hybridized carbons (Fsp3) is 0.133. The number of sulfonamides is 1. The minimum Gasteiger partial charge on any atom is -0.267 e. The van der Waals surface area contributed by atoms with Crippen LogP contribution in [0.4, 0.5) is 0 Å². The number of aryl methyl sites for hydroxylation is 2. The number of amides is 2. The fourth-order valence-electron chi connectivity index (χ4n) is 2.43. The molecule has 1 aromatic carbocycles. The van der Waals surface area contributed by atoms with Crippen molar-refractivity contribution in [1.82, 2.24) is 20.6 Å². The normalized spacial score (nSPS) is 11.6. The zero-order valence-electron chi connectivity index (χ0n) is 14.1.